The first-order valence-corrected chi connectivity index (χ1v) is 10.8. The molecule has 0 aliphatic carbocycles. The van der Waals surface area contributed by atoms with Crippen molar-refractivity contribution in [2.75, 3.05) is 7.11 Å². The predicted octanol–water partition coefficient (Wildman–Crippen LogP) is 4.62. The van der Waals surface area contributed by atoms with Gasteiger partial charge < -0.3 is 4.74 Å². The minimum Gasteiger partial charge on any atom is -0.469 e. The Morgan fingerprint density at radius 3 is 2.32 bits per heavy atom. The van der Waals surface area contributed by atoms with E-state index in [1.54, 1.807) is 12.1 Å². The molecule has 0 amide bonds. The number of carbonyl (C=O) groups excluding carboxylic acids is 1. The van der Waals surface area contributed by atoms with Crippen molar-refractivity contribution < 1.29 is 22.3 Å². The van der Waals surface area contributed by atoms with Crippen LogP contribution in [0.15, 0.2) is 53.4 Å². The van der Waals surface area contributed by atoms with E-state index in [1.807, 2.05) is 0 Å². The Labute approximate surface area is 169 Å². The third-order valence-corrected chi connectivity index (χ3v) is 6.03. The molecule has 2 aromatic rings. The molecule has 0 aliphatic heterocycles. The van der Waals surface area contributed by atoms with Crippen molar-refractivity contribution in [2.24, 2.45) is 0 Å². The van der Waals surface area contributed by atoms with Crippen LogP contribution in [0.3, 0.4) is 0 Å². The van der Waals surface area contributed by atoms with Gasteiger partial charge in [-0.05, 0) is 54.8 Å². The Bertz CT molecular complexity index is 870. The number of ether oxygens (including phenoxy) is 1. The van der Waals surface area contributed by atoms with E-state index in [9.17, 15) is 17.6 Å². The van der Waals surface area contributed by atoms with Crippen LogP contribution in [-0.4, -0.2) is 21.5 Å². The van der Waals surface area contributed by atoms with Crippen molar-refractivity contribution in [3.63, 3.8) is 0 Å². The maximum atomic E-state index is 13.3. The molecule has 152 valence electrons. The number of hydrogen-bond acceptors (Lipinski definition) is 4. The van der Waals surface area contributed by atoms with Gasteiger partial charge in [-0.25, -0.2) is 17.5 Å². The van der Waals surface area contributed by atoms with E-state index in [4.69, 9.17) is 11.6 Å². The summed E-state index contributed by atoms with van der Waals surface area (Å²) in [6, 6.07) is 11.1. The average Bonchev–Trinajstić information content (AvgIpc) is 2.67. The summed E-state index contributed by atoms with van der Waals surface area (Å²) in [6.45, 7) is 0. The summed E-state index contributed by atoms with van der Waals surface area (Å²) in [5.41, 5.74) is 0.673. The van der Waals surface area contributed by atoms with E-state index in [0.717, 1.165) is 6.42 Å². The Kier molecular flexibility index (Phi) is 8.41. The molecule has 1 unspecified atom stereocenters. The molecule has 0 saturated heterocycles. The zero-order chi connectivity index (χ0) is 20.6. The number of hydrogen-bond donors (Lipinski definition) is 1. The van der Waals surface area contributed by atoms with Crippen molar-refractivity contribution in [2.45, 2.75) is 43.0 Å². The quantitative estimate of drug-likeness (QED) is 0.443. The fraction of sp³-hybridized carbons (Fsp3) is 0.350. The zero-order valence-electron chi connectivity index (χ0n) is 15.5. The number of esters is 1. The highest BCUT2D eigenvalue weighted by Gasteiger charge is 2.21. The summed E-state index contributed by atoms with van der Waals surface area (Å²) in [4.78, 5) is 11.3. The number of rotatable bonds is 10. The molecular formula is C20H23ClFNO4S. The monoisotopic (exact) mass is 427 g/mol. The van der Waals surface area contributed by atoms with Crippen molar-refractivity contribution >= 4 is 27.6 Å². The average molecular weight is 428 g/mol. The zero-order valence-corrected chi connectivity index (χ0v) is 17.1. The third kappa shape index (κ3) is 6.89. The topological polar surface area (TPSA) is 72.5 Å². The van der Waals surface area contributed by atoms with Crippen LogP contribution in [0.25, 0.3) is 0 Å². The molecule has 2 rings (SSSR count). The second-order valence-corrected chi connectivity index (χ2v) is 8.51. The van der Waals surface area contributed by atoms with Crippen LogP contribution in [0.4, 0.5) is 4.39 Å². The van der Waals surface area contributed by atoms with Gasteiger partial charge in [0.1, 0.15) is 5.82 Å². The Balaban J connectivity index is 2.08. The molecule has 0 spiro atoms. The minimum atomic E-state index is -3.77. The van der Waals surface area contributed by atoms with Crippen LogP contribution in [0.2, 0.25) is 5.02 Å². The highest BCUT2D eigenvalue weighted by Crippen LogP contribution is 2.24. The predicted molar refractivity (Wildman–Crippen MR) is 106 cm³/mol. The van der Waals surface area contributed by atoms with Crippen molar-refractivity contribution in [3.8, 4) is 0 Å². The second kappa shape index (κ2) is 10.5. The van der Waals surface area contributed by atoms with Crippen molar-refractivity contribution in [3.05, 3.63) is 64.9 Å². The van der Waals surface area contributed by atoms with Crippen LogP contribution >= 0.6 is 11.6 Å². The molecule has 0 radical (unpaired) electrons. The molecule has 28 heavy (non-hydrogen) atoms. The van der Waals surface area contributed by atoms with E-state index in [-0.39, 0.29) is 16.7 Å². The van der Waals surface area contributed by atoms with Gasteiger partial charge in [0.15, 0.2) is 0 Å². The van der Waals surface area contributed by atoms with Gasteiger partial charge in [-0.15, -0.1) is 0 Å². The first kappa shape index (κ1) is 22.3. The van der Waals surface area contributed by atoms with E-state index < -0.39 is 16.1 Å². The van der Waals surface area contributed by atoms with Crippen LogP contribution < -0.4 is 4.72 Å². The van der Waals surface area contributed by atoms with Gasteiger partial charge in [0.25, 0.3) is 0 Å². The first-order chi connectivity index (χ1) is 13.3. The molecule has 5 nitrogen and oxygen atoms in total. The highest BCUT2D eigenvalue weighted by atomic mass is 35.5. The number of nitrogens with one attached hydrogen (secondary N) is 1. The summed E-state index contributed by atoms with van der Waals surface area (Å²) < 4.78 is 46.0. The van der Waals surface area contributed by atoms with E-state index in [2.05, 4.69) is 9.46 Å². The van der Waals surface area contributed by atoms with Gasteiger partial charge in [0, 0.05) is 17.5 Å². The fourth-order valence-corrected chi connectivity index (χ4v) is 4.14. The maximum Gasteiger partial charge on any atom is 0.305 e. The number of methoxy groups -OCH3 is 1. The maximum absolute atomic E-state index is 13.3. The van der Waals surface area contributed by atoms with Crippen LogP contribution in [0.1, 0.15) is 43.7 Å². The Morgan fingerprint density at radius 1 is 1.07 bits per heavy atom. The number of carbonyl (C=O) groups is 1. The lowest BCUT2D eigenvalue weighted by molar-refractivity contribution is -0.140. The minimum absolute atomic E-state index is 0.106. The van der Waals surface area contributed by atoms with E-state index >= 15 is 0 Å². The Hall–Kier alpha value is -1.96. The van der Waals surface area contributed by atoms with Crippen molar-refractivity contribution in [1.82, 2.24) is 4.72 Å². The summed E-state index contributed by atoms with van der Waals surface area (Å²) in [5.74, 6) is -0.653. The molecule has 0 heterocycles. The fourth-order valence-electron chi connectivity index (χ4n) is 2.75. The van der Waals surface area contributed by atoms with Gasteiger partial charge in [-0.2, -0.15) is 0 Å². The normalized spacial score (nSPS) is 12.5. The molecule has 1 atom stereocenters. The summed E-state index contributed by atoms with van der Waals surface area (Å²) in [6.07, 6.45) is 2.94. The molecule has 0 aliphatic rings. The van der Waals surface area contributed by atoms with Crippen LogP contribution in [0, 0.1) is 5.82 Å². The van der Waals surface area contributed by atoms with Gasteiger partial charge in [0.2, 0.25) is 10.0 Å². The molecule has 0 saturated carbocycles. The molecule has 2 aromatic carbocycles. The summed E-state index contributed by atoms with van der Waals surface area (Å²) >= 11 is 5.83. The Morgan fingerprint density at radius 2 is 1.71 bits per heavy atom. The molecular weight excluding hydrogens is 405 g/mol. The van der Waals surface area contributed by atoms with Gasteiger partial charge in [0.05, 0.1) is 12.0 Å². The lowest BCUT2D eigenvalue weighted by atomic mass is 10.0. The standard InChI is InChI=1S/C20H23ClFNO4S/c1-27-20(24)6-4-2-3-5-19(15-7-11-17(22)12-8-15)23-28(25,26)18-13-9-16(21)10-14-18/h7-14,19,23H,2-6H2,1H3. The lowest BCUT2D eigenvalue weighted by Gasteiger charge is -2.19. The smallest absolute Gasteiger partial charge is 0.305 e. The largest absolute Gasteiger partial charge is 0.469 e. The van der Waals surface area contributed by atoms with Gasteiger partial charge in [-0.1, -0.05) is 36.6 Å². The van der Waals surface area contributed by atoms with Gasteiger partial charge in [-0.3, -0.25) is 4.79 Å². The molecule has 8 heteroatoms. The number of halogens is 2. The van der Waals surface area contributed by atoms with Crippen LogP contribution in [0.5, 0.6) is 0 Å². The molecule has 0 aromatic heterocycles. The SMILES string of the molecule is COC(=O)CCCCCC(NS(=O)(=O)c1ccc(Cl)cc1)c1ccc(F)cc1. The lowest BCUT2D eigenvalue weighted by Crippen LogP contribution is -2.28. The number of unbranched alkanes of at least 4 members (excludes halogenated alkanes) is 2. The molecule has 0 bridgehead atoms. The highest BCUT2D eigenvalue weighted by molar-refractivity contribution is 7.89. The molecule has 0 fully saturated rings. The molecule has 1 N–H and O–H groups in total. The first-order valence-electron chi connectivity index (χ1n) is 8.92. The van der Waals surface area contributed by atoms with Gasteiger partial charge >= 0.3 is 5.97 Å². The summed E-state index contributed by atoms with van der Waals surface area (Å²) in [5, 5.41) is 0.444. The second-order valence-electron chi connectivity index (χ2n) is 6.35. The van der Waals surface area contributed by atoms with Crippen LogP contribution in [-0.2, 0) is 19.6 Å². The van der Waals surface area contributed by atoms with Crippen molar-refractivity contribution in [1.29, 1.82) is 0 Å². The number of sulfonamides is 1. The third-order valence-electron chi connectivity index (χ3n) is 4.30. The van der Waals surface area contributed by atoms with E-state index in [1.165, 1.54) is 43.5 Å². The summed E-state index contributed by atoms with van der Waals surface area (Å²) in [7, 11) is -2.43. The number of benzene rings is 2. The van der Waals surface area contributed by atoms with E-state index in [0.29, 0.717) is 36.3 Å².